The molecule has 5 nitrogen and oxygen atoms in total. The van der Waals surface area contributed by atoms with Crippen LogP contribution >= 0.6 is 31.9 Å². The lowest BCUT2D eigenvalue weighted by Crippen LogP contribution is -2.18. The number of rotatable bonds is 5. The van der Waals surface area contributed by atoms with Gasteiger partial charge in [0.15, 0.2) is 6.61 Å². The summed E-state index contributed by atoms with van der Waals surface area (Å²) in [6.45, 7) is 1.64. The average Bonchev–Trinajstić information content (AvgIpc) is 2.53. The molecule has 0 radical (unpaired) electrons. The van der Waals surface area contributed by atoms with Crippen molar-refractivity contribution in [2.75, 3.05) is 13.7 Å². The standard InChI is InChI=1S/C17H14Br2O5/c1-10-7-12(18)8-14(19)16(10)23-9-15(20)24-13-5-3-11(4-6-13)17(21)22-2/h3-8H,9H2,1-2H3. The van der Waals surface area contributed by atoms with E-state index in [2.05, 4.69) is 36.6 Å². The first kappa shape index (κ1) is 18.5. The lowest BCUT2D eigenvalue weighted by Gasteiger charge is -2.11. The zero-order valence-electron chi connectivity index (χ0n) is 13.0. The Morgan fingerprint density at radius 1 is 1.08 bits per heavy atom. The first-order valence-electron chi connectivity index (χ1n) is 6.88. The van der Waals surface area contributed by atoms with Gasteiger partial charge in [-0.1, -0.05) is 15.9 Å². The van der Waals surface area contributed by atoms with Gasteiger partial charge in [0, 0.05) is 4.47 Å². The quantitative estimate of drug-likeness (QED) is 0.495. The van der Waals surface area contributed by atoms with E-state index < -0.39 is 11.9 Å². The number of ether oxygens (including phenoxy) is 3. The number of benzene rings is 2. The molecule has 7 heteroatoms. The summed E-state index contributed by atoms with van der Waals surface area (Å²) in [5.74, 6) is -0.0964. The largest absolute Gasteiger partial charge is 0.480 e. The smallest absolute Gasteiger partial charge is 0.349 e. The molecule has 0 fully saturated rings. The van der Waals surface area contributed by atoms with Crippen molar-refractivity contribution < 1.29 is 23.8 Å². The van der Waals surface area contributed by atoms with Crippen LogP contribution in [-0.4, -0.2) is 25.7 Å². The summed E-state index contributed by atoms with van der Waals surface area (Å²) in [7, 11) is 1.30. The number of hydrogen-bond donors (Lipinski definition) is 0. The Hall–Kier alpha value is -1.86. The van der Waals surface area contributed by atoms with Crippen LogP contribution < -0.4 is 9.47 Å². The topological polar surface area (TPSA) is 61.8 Å². The average molecular weight is 458 g/mol. The lowest BCUT2D eigenvalue weighted by molar-refractivity contribution is -0.136. The molecule has 0 amide bonds. The van der Waals surface area contributed by atoms with Gasteiger partial charge in [0.25, 0.3) is 0 Å². The van der Waals surface area contributed by atoms with Gasteiger partial charge in [0.2, 0.25) is 0 Å². The Morgan fingerprint density at radius 3 is 2.33 bits per heavy atom. The van der Waals surface area contributed by atoms with E-state index in [1.807, 2.05) is 19.1 Å². The number of esters is 2. The summed E-state index contributed by atoms with van der Waals surface area (Å²) < 4.78 is 16.9. The van der Waals surface area contributed by atoms with E-state index >= 15 is 0 Å². The molecule has 0 spiro atoms. The molecule has 2 rings (SSSR count). The molecule has 24 heavy (non-hydrogen) atoms. The number of carbonyl (C=O) groups excluding carboxylic acids is 2. The fraction of sp³-hybridized carbons (Fsp3) is 0.176. The van der Waals surface area contributed by atoms with Gasteiger partial charge in [-0.25, -0.2) is 9.59 Å². The monoisotopic (exact) mass is 456 g/mol. The van der Waals surface area contributed by atoms with Crippen LogP contribution in [0.25, 0.3) is 0 Å². The molecule has 0 aliphatic carbocycles. The first-order chi connectivity index (χ1) is 11.4. The van der Waals surface area contributed by atoms with E-state index in [4.69, 9.17) is 9.47 Å². The van der Waals surface area contributed by atoms with Gasteiger partial charge in [0.05, 0.1) is 17.1 Å². The molecular formula is C17H14Br2O5. The van der Waals surface area contributed by atoms with E-state index in [-0.39, 0.29) is 6.61 Å². The van der Waals surface area contributed by atoms with Crippen molar-refractivity contribution in [1.29, 1.82) is 0 Å². The third kappa shape index (κ3) is 4.82. The van der Waals surface area contributed by atoms with Gasteiger partial charge in [-0.15, -0.1) is 0 Å². The molecule has 0 aromatic heterocycles. The van der Waals surface area contributed by atoms with Gasteiger partial charge < -0.3 is 14.2 Å². The van der Waals surface area contributed by atoms with Crippen LogP contribution in [0, 0.1) is 6.92 Å². The van der Waals surface area contributed by atoms with Gasteiger partial charge in [-0.05, 0) is 64.8 Å². The lowest BCUT2D eigenvalue weighted by atomic mass is 10.2. The summed E-state index contributed by atoms with van der Waals surface area (Å²) >= 11 is 6.77. The molecular weight excluding hydrogens is 444 g/mol. The third-order valence-corrected chi connectivity index (χ3v) is 4.08. The van der Waals surface area contributed by atoms with Gasteiger partial charge >= 0.3 is 11.9 Å². The predicted octanol–water partition coefficient (Wildman–Crippen LogP) is 4.29. The molecule has 0 bridgehead atoms. The van der Waals surface area contributed by atoms with Crippen LogP contribution in [-0.2, 0) is 9.53 Å². The minimum Gasteiger partial charge on any atom is -0.480 e. The minimum atomic E-state index is -0.546. The Morgan fingerprint density at radius 2 is 1.75 bits per heavy atom. The fourth-order valence-corrected chi connectivity index (χ4v) is 3.49. The number of halogens is 2. The Kier molecular flexibility index (Phi) is 6.39. The van der Waals surface area contributed by atoms with Crippen LogP contribution in [0.1, 0.15) is 15.9 Å². The molecule has 0 heterocycles. The molecule has 0 saturated carbocycles. The van der Waals surface area contributed by atoms with Crippen molar-refractivity contribution in [2.24, 2.45) is 0 Å². The molecule has 126 valence electrons. The van der Waals surface area contributed by atoms with Crippen LogP contribution in [0.15, 0.2) is 45.3 Å². The van der Waals surface area contributed by atoms with Gasteiger partial charge in [-0.2, -0.15) is 0 Å². The number of hydrogen-bond acceptors (Lipinski definition) is 5. The Bertz CT molecular complexity index is 733. The van der Waals surface area contributed by atoms with Crippen molar-refractivity contribution in [3.05, 3.63) is 56.5 Å². The second-order valence-electron chi connectivity index (χ2n) is 4.81. The summed E-state index contributed by atoms with van der Waals surface area (Å²) in [4.78, 5) is 23.2. The SMILES string of the molecule is COC(=O)c1ccc(OC(=O)COc2c(C)cc(Br)cc2Br)cc1. The van der Waals surface area contributed by atoms with Crippen molar-refractivity contribution in [3.8, 4) is 11.5 Å². The van der Waals surface area contributed by atoms with Crippen molar-refractivity contribution in [3.63, 3.8) is 0 Å². The fourth-order valence-electron chi connectivity index (χ4n) is 1.94. The molecule has 2 aromatic rings. The highest BCUT2D eigenvalue weighted by Crippen LogP contribution is 2.32. The van der Waals surface area contributed by atoms with Crippen LogP contribution in [0.3, 0.4) is 0 Å². The van der Waals surface area contributed by atoms with Crippen molar-refractivity contribution in [2.45, 2.75) is 6.92 Å². The van der Waals surface area contributed by atoms with Crippen LogP contribution in [0.4, 0.5) is 0 Å². The first-order valence-corrected chi connectivity index (χ1v) is 8.47. The maximum absolute atomic E-state index is 11.9. The second kappa shape index (κ2) is 8.30. The summed E-state index contributed by atoms with van der Waals surface area (Å²) in [5.41, 5.74) is 1.26. The second-order valence-corrected chi connectivity index (χ2v) is 6.58. The Labute approximate surface area is 156 Å². The number of aryl methyl sites for hydroxylation is 1. The summed E-state index contributed by atoms with van der Waals surface area (Å²) in [5, 5.41) is 0. The highest BCUT2D eigenvalue weighted by molar-refractivity contribution is 9.11. The number of carbonyl (C=O) groups is 2. The minimum absolute atomic E-state index is 0.236. The van der Waals surface area contributed by atoms with E-state index in [1.165, 1.54) is 31.4 Å². The summed E-state index contributed by atoms with van der Waals surface area (Å²) in [6.07, 6.45) is 0. The van der Waals surface area contributed by atoms with Gasteiger partial charge in [0.1, 0.15) is 11.5 Å². The van der Waals surface area contributed by atoms with E-state index in [0.717, 1.165) is 14.5 Å². The van der Waals surface area contributed by atoms with Crippen LogP contribution in [0.2, 0.25) is 0 Å². The molecule has 0 aliphatic rings. The zero-order chi connectivity index (χ0) is 17.7. The van der Waals surface area contributed by atoms with Crippen LogP contribution in [0.5, 0.6) is 11.5 Å². The third-order valence-electron chi connectivity index (χ3n) is 3.04. The molecule has 0 atom stereocenters. The maximum atomic E-state index is 11.9. The van der Waals surface area contributed by atoms with Crippen molar-refractivity contribution >= 4 is 43.8 Å². The van der Waals surface area contributed by atoms with Gasteiger partial charge in [-0.3, -0.25) is 0 Å². The predicted molar refractivity (Wildman–Crippen MR) is 95.5 cm³/mol. The highest BCUT2D eigenvalue weighted by atomic mass is 79.9. The van der Waals surface area contributed by atoms with Crippen molar-refractivity contribution in [1.82, 2.24) is 0 Å². The zero-order valence-corrected chi connectivity index (χ0v) is 16.1. The van der Waals surface area contributed by atoms with E-state index in [1.54, 1.807) is 0 Å². The molecule has 0 aliphatic heterocycles. The molecule has 0 unspecified atom stereocenters. The molecule has 0 saturated heterocycles. The molecule has 2 aromatic carbocycles. The van der Waals surface area contributed by atoms with E-state index in [9.17, 15) is 9.59 Å². The Balaban J connectivity index is 1.95. The number of methoxy groups -OCH3 is 1. The normalized spacial score (nSPS) is 10.2. The highest BCUT2D eigenvalue weighted by Gasteiger charge is 2.12. The summed E-state index contributed by atoms with van der Waals surface area (Å²) in [6, 6.07) is 9.79. The molecule has 0 N–H and O–H groups in total. The maximum Gasteiger partial charge on any atom is 0.349 e. The van der Waals surface area contributed by atoms with E-state index in [0.29, 0.717) is 17.1 Å².